The molecule has 0 aromatic rings. The summed E-state index contributed by atoms with van der Waals surface area (Å²) in [5, 5.41) is 0. The van der Waals surface area contributed by atoms with Gasteiger partial charge in [-0.3, -0.25) is 0 Å². The fourth-order valence-electron chi connectivity index (χ4n) is 1.16. The lowest BCUT2D eigenvalue weighted by Crippen LogP contribution is -2.13. The molecule has 0 amide bonds. The van der Waals surface area contributed by atoms with Crippen LogP contribution in [0.3, 0.4) is 0 Å². The van der Waals surface area contributed by atoms with Gasteiger partial charge in [-0.2, -0.15) is 22.2 Å². The third-order valence-corrected chi connectivity index (χ3v) is 5.38. The molecule has 0 aliphatic heterocycles. The first-order valence-electron chi connectivity index (χ1n) is 5.88. The number of hydrogen-bond acceptors (Lipinski definition) is 0. The Labute approximate surface area is 112 Å². The van der Waals surface area contributed by atoms with Gasteiger partial charge in [0.25, 0.3) is 0 Å². The van der Waals surface area contributed by atoms with E-state index in [1.165, 1.54) is 0 Å². The first-order valence-corrected chi connectivity index (χ1v) is 14.3. The predicted molar refractivity (Wildman–Crippen MR) is 83.8 cm³/mol. The van der Waals surface area contributed by atoms with Crippen LogP contribution in [0, 0.1) is 0 Å². The molecule has 4 heteroatoms. The van der Waals surface area contributed by atoms with E-state index in [-0.39, 0.29) is 0 Å². The minimum absolute atomic E-state index is 1.07. The minimum atomic E-state index is -1.40. The van der Waals surface area contributed by atoms with Gasteiger partial charge in [-0.15, -0.1) is 0 Å². The quantitative estimate of drug-likeness (QED) is 0.242. The number of halogens is 2. The van der Waals surface area contributed by atoms with Gasteiger partial charge in [0.05, 0.1) is 0 Å². The fourth-order valence-corrected chi connectivity index (χ4v) is 3.14. The van der Waals surface area contributed by atoms with Gasteiger partial charge in [0.1, 0.15) is 0 Å². The van der Waals surface area contributed by atoms with Gasteiger partial charge in [0.15, 0.2) is 14.8 Å². The highest BCUT2D eigenvalue weighted by atomic mass is 35.6. The molecule has 0 saturated heterocycles. The SMILES string of the molecule is C[Si](C)(Cl)C/C=C/CC/C=C/C[Si](C)(C)Cl. The van der Waals surface area contributed by atoms with Crippen molar-refractivity contribution in [1.29, 1.82) is 0 Å². The molecular formula is C12H24Cl2Si2. The molecule has 0 spiro atoms. The molecule has 0 aromatic carbocycles. The van der Waals surface area contributed by atoms with E-state index in [0.717, 1.165) is 24.9 Å². The van der Waals surface area contributed by atoms with Crippen LogP contribution in [0.1, 0.15) is 12.8 Å². The Morgan fingerprint density at radius 1 is 0.688 bits per heavy atom. The van der Waals surface area contributed by atoms with Crippen molar-refractivity contribution in [2.24, 2.45) is 0 Å². The number of rotatable bonds is 7. The maximum absolute atomic E-state index is 6.21. The van der Waals surface area contributed by atoms with E-state index in [1.54, 1.807) is 0 Å². The van der Waals surface area contributed by atoms with Crippen LogP contribution in [0.15, 0.2) is 24.3 Å². The largest absolute Gasteiger partial charge is 0.167 e. The molecule has 16 heavy (non-hydrogen) atoms. The maximum Gasteiger partial charge on any atom is 0.154 e. The van der Waals surface area contributed by atoms with Crippen LogP contribution in [0.4, 0.5) is 0 Å². The Hall–Kier alpha value is 0.494. The Morgan fingerprint density at radius 2 is 1.00 bits per heavy atom. The lowest BCUT2D eigenvalue weighted by atomic mass is 10.3. The van der Waals surface area contributed by atoms with Crippen LogP contribution in [0.5, 0.6) is 0 Å². The summed E-state index contributed by atoms with van der Waals surface area (Å²) in [7, 11) is -2.80. The highest BCUT2D eigenvalue weighted by Gasteiger charge is 2.14. The Kier molecular flexibility index (Phi) is 7.99. The van der Waals surface area contributed by atoms with Crippen LogP contribution in [-0.4, -0.2) is 14.8 Å². The normalized spacial score (nSPS) is 14.1. The molecule has 0 atom stereocenters. The van der Waals surface area contributed by atoms with Crippen LogP contribution in [0.25, 0.3) is 0 Å². The molecule has 0 N–H and O–H groups in total. The molecule has 0 radical (unpaired) electrons. The van der Waals surface area contributed by atoms with Gasteiger partial charge >= 0.3 is 0 Å². The van der Waals surface area contributed by atoms with Crippen molar-refractivity contribution in [3.05, 3.63) is 24.3 Å². The second kappa shape index (κ2) is 7.75. The third-order valence-electron chi connectivity index (χ3n) is 2.04. The molecule has 94 valence electrons. The van der Waals surface area contributed by atoms with Crippen LogP contribution in [-0.2, 0) is 0 Å². The summed E-state index contributed by atoms with van der Waals surface area (Å²) in [5.74, 6) is 0. The fraction of sp³-hybridized carbons (Fsp3) is 0.667. The summed E-state index contributed by atoms with van der Waals surface area (Å²) in [6.45, 7) is 8.69. The van der Waals surface area contributed by atoms with Crippen LogP contribution >= 0.6 is 22.2 Å². The van der Waals surface area contributed by atoms with Gasteiger partial charge in [-0.05, 0) is 24.9 Å². The lowest BCUT2D eigenvalue weighted by Gasteiger charge is -2.08. The van der Waals surface area contributed by atoms with Crippen LogP contribution in [0.2, 0.25) is 38.3 Å². The average Bonchev–Trinajstić information content (AvgIpc) is 2.06. The molecule has 0 bridgehead atoms. The average molecular weight is 295 g/mol. The second-order valence-electron chi connectivity index (χ2n) is 5.37. The Bertz CT molecular complexity index is 208. The molecule has 0 aliphatic rings. The smallest absolute Gasteiger partial charge is 0.154 e. The zero-order valence-electron chi connectivity index (χ0n) is 10.9. The van der Waals surface area contributed by atoms with Crippen molar-refractivity contribution < 1.29 is 0 Å². The van der Waals surface area contributed by atoms with Crippen molar-refractivity contribution in [1.82, 2.24) is 0 Å². The van der Waals surface area contributed by atoms with E-state index in [9.17, 15) is 0 Å². The van der Waals surface area contributed by atoms with E-state index in [2.05, 4.69) is 50.5 Å². The van der Waals surface area contributed by atoms with Crippen LogP contribution < -0.4 is 0 Å². The Balaban J connectivity index is 3.54. The molecule has 0 saturated carbocycles. The number of allylic oxidation sites excluding steroid dienone is 4. The van der Waals surface area contributed by atoms with E-state index >= 15 is 0 Å². The summed E-state index contributed by atoms with van der Waals surface area (Å²) >= 11 is 12.4. The topological polar surface area (TPSA) is 0 Å². The van der Waals surface area contributed by atoms with Gasteiger partial charge in [-0.25, -0.2) is 0 Å². The van der Waals surface area contributed by atoms with Gasteiger partial charge < -0.3 is 0 Å². The highest BCUT2D eigenvalue weighted by Crippen LogP contribution is 2.15. The molecule has 0 nitrogen and oxygen atoms in total. The van der Waals surface area contributed by atoms with E-state index in [4.69, 9.17) is 22.2 Å². The summed E-state index contributed by atoms with van der Waals surface area (Å²) in [6.07, 6.45) is 11.2. The number of hydrogen-bond donors (Lipinski definition) is 0. The summed E-state index contributed by atoms with van der Waals surface area (Å²) in [6, 6.07) is 2.14. The van der Waals surface area contributed by atoms with Crippen molar-refractivity contribution in [3.8, 4) is 0 Å². The van der Waals surface area contributed by atoms with Crippen molar-refractivity contribution in [2.45, 2.75) is 51.1 Å². The van der Waals surface area contributed by atoms with Crippen molar-refractivity contribution in [2.75, 3.05) is 0 Å². The molecule has 0 aromatic heterocycles. The summed E-state index contributed by atoms with van der Waals surface area (Å²) in [5.41, 5.74) is 0. The third kappa shape index (κ3) is 14.5. The molecule has 0 unspecified atom stereocenters. The first kappa shape index (κ1) is 16.5. The van der Waals surface area contributed by atoms with Crippen molar-refractivity contribution in [3.63, 3.8) is 0 Å². The van der Waals surface area contributed by atoms with Crippen molar-refractivity contribution >= 4 is 36.9 Å². The molecular weight excluding hydrogens is 271 g/mol. The standard InChI is InChI=1S/C12H24Cl2Si2/c1-15(2,13)11-9-7-5-6-8-10-12-16(3,4)14/h7-10H,5-6,11-12H2,1-4H3/b9-7+,10-8+. The van der Waals surface area contributed by atoms with Gasteiger partial charge in [0.2, 0.25) is 0 Å². The van der Waals surface area contributed by atoms with E-state index in [1.807, 2.05) is 0 Å². The maximum atomic E-state index is 6.21. The molecule has 0 heterocycles. The predicted octanol–water partition coefficient (Wildman–Crippen LogP) is 5.77. The highest BCUT2D eigenvalue weighted by molar-refractivity contribution is 7.19. The Morgan fingerprint density at radius 3 is 1.25 bits per heavy atom. The minimum Gasteiger partial charge on any atom is -0.167 e. The zero-order chi connectivity index (χ0) is 12.7. The van der Waals surface area contributed by atoms with Gasteiger partial charge in [0, 0.05) is 0 Å². The second-order valence-corrected chi connectivity index (χ2v) is 19.2. The van der Waals surface area contributed by atoms with E-state index in [0.29, 0.717) is 0 Å². The molecule has 0 aliphatic carbocycles. The van der Waals surface area contributed by atoms with Gasteiger partial charge in [-0.1, -0.05) is 50.5 Å². The summed E-state index contributed by atoms with van der Waals surface area (Å²) < 4.78 is 0. The van der Waals surface area contributed by atoms with E-state index < -0.39 is 14.8 Å². The monoisotopic (exact) mass is 294 g/mol. The summed E-state index contributed by atoms with van der Waals surface area (Å²) in [4.78, 5) is 0. The molecule has 0 rings (SSSR count). The first-order chi connectivity index (χ1) is 7.21. The zero-order valence-corrected chi connectivity index (χ0v) is 14.4. The molecule has 0 fully saturated rings. The lowest BCUT2D eigenvalue weighted by molar-refractivity contribution is 1.04. The number of unbranched alkanes of at least 4 members (excludes halogenated alkanes) is 1.